The summed E-state index contributed by atoms with van der Waals surface area (Å²) in [6, 6.07) is 0. The van der Waals surface area contributed by atoms with E-state index in [9.17, 15) is 0 Å². The Morgan fingerprint density at radius 2 is 2.45 bits per heavy atom. The fourth-order valence-electron chi connectivity index (χ4n) is 0.511. The smallest absolute Gasteiger partial charge is 0.107 e. The highest BCUT2D eigenvalue weighted by Gasteiger charge is 1.85. The Labute approximate surface area is 66.2 Å². The second-order valence-corrected chi connectivity index (χ2v) is 2.06. The zero-order valence-electron chi connectivity index (χ0n) is 6.78. The van der Waals surface area contributed by atoms with E-state index in [2.05, 4.69) is 15.6 Å². The van der Waals surface area contributed by atoms with Gasteiger partial charge in [-0.1, -0.05) is 18.2 Å². The van der Waals surface area contributed by atoms with Crippen LogP contribution in [-0.4, -0.2) is 6.54 Å². The third-order valence-corrected chi connectivity index (χ3v) is 1.05. The highest BCUT2D eigenvalue weighted by atomic mass is 15.4. The van der Waals surface area contributed by atoms with Gasteiger partial charge in [0.1, 0.15) is 6.54 Å². The van der Waals surface area contributed by atoms with Crippen LogP contribution in [0.15, 0.2) is 29.0 Å². The van der Waals surface area contributed by atoms with Crippen LogP contribution in [0.25, 0.3) is 10.4 Å². The number of nitrogens with one attached hydrogen (secondary N) is 1. The lowest BCUT2D eigenvalue weighted by Crippen LogP contribution is -2.06. The molecule has 0 aromatic rings. The van der Waals surface area contributed by atoms with Crippen LogP contribution in [0.1, 0.15) is 13.8 Å². The van der Waals surface area contributed by atoms with Crippen molar-refractivity contribution in [3.05, 3.63) is 34.2 Å². The van der Waals surface area contributed by atoms with E-state index in [-0.39, 0.29) is 0 Å². The predicted molar refractivity (Wildman–Crippen MR) is 45.7 cm³/mol. The molecule has 0 aliphatic rings. The number of azide groups is 1. The van der Waals surface area contributed by atoms with E-state index in [1.165, 1.54) is 0 Å². The Balaban J connectivity index is 3.67. The van der Waals surface area contributed by atoms with Crippen LogP contribution in [0, 0.1) is 0 Å². The average molecular weight is 152 g/mol. The second-order valence-electron chi connectivity index (χ2n) is 2.06. The molecule has 0 heterocycles. The van der Waals surface area contributed by atoms with Crippen molar-refractivity contribution >= 4 is 0 Å². The quantitative estimate of drug-likeness (QED) is 0.217. The van der Waals surface area contributed by atoms with Crippen molar-refractivity contribution in [2.45, 2.75) is 13.8 Å². The molecule has 0 saturated carbocycles. The molecule has 0 aliphatic carbocycles. The van der Waals surface area contributed by atoms with Gasteiger partial charge in [0.15, 0.2) is 0 Å². The molecule has 0 aromatic heterocycles. The molecule has 0 amide bonds. The Hall–Kier alpha value is -1.41. The van der Waals surface area contributed by atoms with Crippen LogP contribution in [-0.2, 0) is 0 Å². The van der Waals surface area contributed by atoms with Crippen molar-refractivity contribution in [2.24, 2.45) is 5.22 Å². The first-order valence-electron chi connectivity index (χ1n) is 3.36. The van der Waals surface area contributed by atoms with Gasteiger partial charge in [-0.15, -0.1) is 5.53 Å². The molecular weight excluding hydrogens is 140 g/mol. The lowest BCUT2D eigenvalue weighted by molar-refractivity contribution is 0.786. The van der Waals surface area contributed by atoms with Crippen LogP contribution in [0.5, 0.6) is 0 Å². The summed E-state index contributed by atoms with van der Waals surface area (Å²) < 4.78 is 0. The third-order valence-electron chi connectivity index (χ3n) is 1.05. The number of hydrogen-bond donors (Lipinski definition) is 1. The first-order valence-corrected chi connectivity index (χ1v) is 3.36. The Kier molecular flexibility index (Phi) is 5.85. The molecule has 11 heavy (non-hydrogen) atoms. The van der Waals surface area contributed by atoms with E-state index in [1.54, 1.807) is 0 Å². The van der Waals surface area contributed by atoms with E-state index >= 15 is 0 Å². The molecule has 0 aromatic carbocycles. The van der Waals surface area contributed by atoms with Crippen molar-refractivity contribution in [1.29, 1.82) is 0 Å². The standard InChI is InChI=1S/C7H12N4/c1-3-4-5-7(2)6-9-11-10-8/h3-5,9H,6H2,1-2H3/b4-3-,7-5+. The van der Waals surface area contributed by atoms with Crippen molar-refractivity contribution < 1.29 is 0 Å². The molecule has 0 spiro atoms. The predicted octanol–water partition coefficient (Wildman–Crippen LogP) is 2.32. The van der Waals surface area contributed by atoms with Crippen molar-refractivity contribution in [1.82, 2.24) is 5.43 Å². The molecule has 4 nitrogen and oxygen atoms in total. The van der Waals surface area contributed by atoms with Gasteiger partial charge in [-0.25, -0.2) is 0 Å². The zero-order chi connectivity index (χ0) is 8.53. The molecule has 0 aliphatic heterocycles. The molecule has 1 N–H and O–H groups in total. The summed E-state index contributed by atoms with van der Waals surface area (Å²) in [6.07, 6.45) is 5.84. The lowest BCUT2D eigenvalue weighted by atomic mass is 10.3. The molecule has 0 radical (unpaired) electrons. The van der Waals surface area contributed by atoms with Crippen LogP contribution in [0.3, 0.4) is 0 Å². The summed E-state index contributed by atoms with van der Waals surface area (Å²) in [4.78, 5) is 2.56. The topological polar surface area (TPSA) is 60.8 Å². The lowest BCUT2D eigenvalue weighted by Gasteiger charge is -1.92. The van der Waals surface area contributed by atoms with Crippen LogP contribution < -0.4 is 5.43 Å². The molecule has 0 fully saturated rings. The normalized spacial score (nSPS) is 11.3. The Morgan fingerprint density at radius 1 is 1.73 bits per heavy atom. The van der Waals surface area contributed by atoms with Crippen LogP contribution in [0.4, 0.5) is 0 Å². The van der Waals surface area contributed by atoms with E-state index in [4.69, 9.17) is 5.53 Å². The van der Waals surface area contributed by atoms with E-state index < -0.39 is 0 Å². The fraction of sp³-hybridized carbons (Fsp3) is 0.429. The number of allylic oxidation sites excluding steroid dienone is 3. The molecule has 4 heteroatoms. The summed E-state index contributed by atoms with van der Waals surface area (Å²) in [5, 5.41) is 3.19. The molecule has 60 valence electrons. The number of nitrogens with zero attached hydrogens (tertiary/aromatic N) is 3. The average Bonchev–Trinajstić information content (AvgIpc) is 2.01. The van der Waals surface area contributed by atoms with Gasteiger partial charge < -0.3 is 0 Å². The third kappa shape index (κ3) is 6.48. The first kappa shape index (κ1) is 9.59. The molecule has 0 bridgehead atoms. The Morgan fingerprint density at radius 3 is 3.00 bits per heavy atom. The molecule has 0 rings (SSSR count). The molecular formula is C7H12N4. The van der Waals surface area contributed by atoms with Gasteiger partial charge in [-0.05, 0) is 24.6 Å². The SMILES string of the molecule is C/C=C\C=C(/C)CNN=[N+]=[N-]. The monoisotopic (exact) mass is 152 g/mol. The summed E-state index contributed by atoms with van der Waals surface area (Å²) in [6.45, 7) is 4.50. The maximum absolute atomic E-state index is 7.92. The van der Waals surface area contributed by atoms with Crippen molar-refractivity contribution in [3.8, 4) is 0 Å². The second kappa shape index (κ2) is 6.71. The summed E-state index contributed by atoms with van der Waals surface area (Å²) in [7, 11) is 0. The van der Waals surface area contributed by atoms with Crippen LogP contribution in [0.2, 0.25) is 0 Å². The van der Waals surface area contributed by atoms with Gasteiger partial charge in [0.2, 0.25) is 0 Å². The van der Waals surface area contributed by atoms with Gasteiger partial charge in [0.25, 0.3) is 0 Å². The summed E-state index contributed by atoms with van der Waals surface area (Å²) in [5.74, 6) is 0. The van der Waals surface area contributed by atoms with Gasteiger partial charge in [0.05, 0.1) is 0 Å². The van der Waals surface area contributed by atoms with Gasteiger partial charge in [-0.2, -0.15) is 4.91 Å². The molecule has 0 atom stereocenters. The van der Waals surface area contributed by atoms with E-state index in [0.717, 1.165) is 5.57 Å². The Bertz CT molecular complexity index is 198. The largest absolute Gasteiger partial charge is 0.257 e. The first-order chi connectivity index (χ1) is 5.31. The van der Waals surface area contributed by atoms with Gasteiger partial charge >= 0.3 is 0 Å². The molecule has 0 saturated heterocycles. The summed E-state index contributed by atoms with van der Waals surface area (Å²) >= 11 is 0. The van der Waals surface area contributed by atoms with Gasteiger partial charge in [0, 0.05) is 0 Å². The summed E-state index contributed by atoms with van der Waals surface area (Å²) in [5.41, 5.74) is 11.6. The maximum atomic E-state index is 7.92. The minimum absolute atomic E-state index is 0.592. The minimum Gasteiger partial charge on any atom is -0.257 e. The van der Waals surface area contributed by atoms with E-state index in [1.807, 2.05) is 32.1 Å². The zero-order valence-corrected chi connectivity index (χ0v) is 6.78. The highest BCUT2D eigenvalue weighted by Crippen LogP contribution is 1.89. The van der Waals surface area contributed by atoms with Crippen LogP contribution >= 0.6 is 0 Å². The number of rotatable bonds is 4. The minimum atomic E-state index is 0.592. The number of hydrogen-bond acceptors (Lipinski definition) is 1. The molecule has 0 unspecified atom stereocenters. The maximum Gasteiger partial charge on any atom is 0.107 e. The van der Waals surface area contributed by atoms with Crippen molar-refractivity contribution in [2.75, 3.05) is 6.54 Å². The highest BCUT2D eigenvalue weighted by molar-refractivity contribution is 5.10. The van der Waals surface area contributed by atoms with Crippen molar-refractivity contribution in [3.63, 3.8) is 0 Å². The van der Waals surface area contributed by atoms with E-state index in [0.29, 0.717) is 6.54 Å². The fourth-order valence-corrected chi connectivity index (χ4v) is 0.511. The van der Waals surface area contributed by atoms with Gasteiger partial charge in [-0.3, -0.25) is 5.43 Å².